The van der Waals surface area contributed by atoms with E-state index in [4.69, 9.17) is 0 Å². The van der Waals surface area contributed by atoms with Crippen LogP contribution in [0.4, 0.5) is 0 Å². The second kappa shape index (κ2) is 8.36. The number of fused-ring (bicyclic) bond motifs is 1. The summed E-state index contributed by atoms with van der Waals surface area (Å²) in [6, 6.07) is 4.92. The molecule has 0 saturated carbocycles. The van der Waals surface area contributed by atoms with Crippen molar-refractivity contribution in [3.8, 4) is 0 Å². The standard InChI is InChI=1S/C18H23N7O3S2/c1-23(2)18(26)15-12-24(22-19-15)11-9-13-6-3-4-10-25(13)30(27,28)16-8-5-7-14-17(16)21-29-20-14/h5,7-8,12-13H,3-4,6,9-11H2,1-2H3. The molecule has 0 N–H and O–H groups in total. The van der Waals surface area contributed by atoms with E-state index in [0.29, 0.717) is 30.5 Å². The Morgan fingerprint density at radius 3 is 2.90 bits per heavy atom. The van der Waals surface area contributed by atoms with Gasteiger partial charge in [-0.25, -0.2) is 8.42 Å². The van der Waals surface area contributed by atoms with E-state index >= 15 is 0 Å². The van der Waals surface area contributed by atoms with Crippen LogP contribution >= 0.6 is 11.7 Å². The van der Waals surface area contributed by atoms with Gasteiger partial charge < -0.3 is 4.90 Å². The fourth-order valence-corrected chi connectivity index (χ4v) is 6.19. The highest BCUT2D eigenvalue weighted by Crippen LogP contribution is 2.30. The van der Waals surface area contributed by atoms with Crippen molar-refractivity contribution >= 4 is 38.7 Å². The molecule has 1 aliphatic rings. The molecule has 160 valence electrons. The molecular weight excluding hydrogens is 426 g/mol. The fourth-order valence-electron chi connectivity index (χ4n) is 3.71. The van der Waals surface area contributed by atoms with Gasteiger partial charge in [-0.3, -0.25) is 9.48 Å². The van der Waals surface area contributed by atoms with Gasteiger partial charge in [-0.2, -0.15) is 13.1 Å². The van der Waals surface area contributed by atoms with Gasteiger partial charge in [0.2, 0.25) is 10.0 Å². The van der Waals surface area contributed by atoms with Gasteiger partial charge in [-0.1, -0.05) is 17.7 Å². The largest absolute Gasteiger partial charge is 0.343 e. The number of benzene rings is 1. The SMILES string of the molecule is CN(C)C(=O)c1cn(CCC2CCCCN2S(=O)(=O)c2cccc3nsnc23)nn1. The maximum atomic E-state index is 13.5. The average Bonchev–Trinajstić information content (AvgIpc) is 3.41. The van der Waals surface area contributed by atoms with Gasteiger partial charge in [0.05, 0.1) is 17.9 Å². The highest BCUT2D eigenvalue weighted by atomic mass is 32.2. The molecule has 10 nitrogen and oxygen atoms in total. The number of piperidine rings is 1. The molecule has 3 aromatic rings. The zero-order valence-corrected chi connectivity index (χ0v) is 18.4. The third-order valence-electron chi connectivity index (χ3n) is 5.26. The van der Waals surface area contributed by atoms with Crippen LogP contribution in [0.25, 0.3) is 11.0 Å². The first-order chi connectivity index (χ1) is 14.4. The fraction of sp³-hybridized carbons (Fsp3) is 0.500. The number of nitrogens with zero attached hydrogens (tertiary/aromatic N) is 7. The van der Waals surface area contributed by atoms with Crippen LogP contribution in [0.5, 0.6) is 0 Å². The van der Waals surface area contributed by atoms with E-state index in [2.05, 4.69) is 19.1 Å². The minimum Gasteiger partial charge on any atom is -0.343 e. The van der Waals surface area contributed by atoms with Crippen molar-refractivity contribution in [2.45, 2.75) is 43.2 Å². The number of rotatable bonds is 6. The zero-order valence-electron chi connectivity index (χ0n) is 16.8. The molecule has 1 aliphatic heterocycles. The lowest BCUT2D eigenvalue weighted by Crippen LogP contribution is -2.44. The first-order valence-electron chi connectivity index (χ1n) is 9.73. The lowest BCUT2D eigenvalue weighted by molar-refractivity contribution is 0.0822. The summed E-state index contributed by atoms with van der Waals surface area (Å²) in [5, 5.41) is 7.94. The highest BCUT2D eigenvalue weighted by Gasteiger charge is 2.35. The molecule has 0 radical (unpaired) electrons. The summed E-state index contributed by atoms with van der Waals surface area (Å²) in [5.74, 6) is -0.215. The molecule has 1 unspecified atom stereocenters. The minimum absolute atomic E-state index is 0.150. The Bertz CT molecular complexity index is 1160. The second-order valence-electron chi connectivity index (χ2n) is 7.51. The number of hydrogen-bond acceptors (Lipinski definition) is 8. The van der Waals surface area contributed by atoms with E-state index in [-0.39, 0.29) is 22.5 Å². The van der Waals surface area contributed by atoms with Crippen LogP contribution in [-0.2, 0) is 16.6 Å². The molecule has 1 fully saturated rings. The first kappa shape index (κ1) is 20.8. The third kappa shape index (κ3) is 3.94. The van der Waals surface area contributed by atoms with E-state index in [1.54, 1.807) is 47.5 Å². The van der Waals surface area contributed by atoms with Crippen LogP contribution in [0.1, 0.15) is 36.2 Å². The number of amides is 1. The average molecular weight is 450 g/mol. The van der Waals surface area contributed by atoms with Gasteiger partial charge in [0.25, 0.3) is 5.91 Å². The Morgan fingerprint density at radius 1 is 1.27 bits per heavy atom. The summed E-state index contributed by atoms with van der Waals surface area (Å²) in [7, 11) is -0.386. The number of hydrogen-bond donors (Lipinski definition) is 0. The van der Waals surface area contributed by atoms with Crippen molar-refractivity contribution in [3.05, 3.63) is 30.1 Å². The lowest BCUT2D eigenvalue weighted by Gasteiger charge is -2.34. The van der Waals surface area contributed by atoms with Crippen molar-refractivity contribution < 1.29 is 13.2 Å². The quantitative estimate of drug-likeness (QED) is 0.562. The maximum absolute atomic E-state index is 13.5. The number of carbonyl (C=O) groups excluding carboxylic acids is 1. The second-order valence-corrected chi connectivity index (χ2v) is 9.90. The van der Waals surface area contributed by atoms with Crippen LogP contribution in [0.3, 0.4) is 0 Å². The van der Waals surface area contributed by atoms with Gasteiger partial charge >= 0.3 is 0 Å². The minimum atomic E-state index is -3.70. The highest BCUT2D eigenvalue weighted by molar-refractivity contribution is 7.89. The Kier molecular flexibility index (Phi) is 5.80. The number of aryl methyl sites for hydroxylation is 1. The number of carbonyl (C=O) groups is 1. The predicted molar refractivity (Wildman–Crippen MR) is 112 cm³/mol. The summed E-state index contributed by atoms with van der Waals surface area (Å²) in [6.07, 6.45) is 4.77. The molecule has 4 rings (SSSR count). The molecule has 0 bridgehead atoms. The van der Waals surface area contributed by atoms with Crippen molar-refractivity contribution in [3.63, 3.8) is 0 Å². The third-order valence-corrected chi connectivity index (χ3v) is 7.79. The van der Waals surface area contributed by atoms with Crippen LogP contribution < -0.4 is 0 Å². The van der Waals surface area contributed by atoms with Crippen LogP contribution in [0.15, 0.2) is 29.3 Å². The summed E-state index contributed by atoms with van der Waals surface area (Å²) < 4.78 is 38.5. The van der Waals surface area contributed by atoms with Crippen molar-refractivity contribution in [1.29, 1.82) is 0 Å². The van der Waals surface area contributed by atoms with Gasteiger partial charge in [-0.05, 0) is 31.4 Å². The van der Waals surface area contributed by atoms with Crippen LogP contribution in [0.2, 0.25) is 0 Å². The summed E-state index contributed by atoms with van der Waals surface area (Å²) in [4.78, 5) is 13.7. The van der Waals surface area contributed by atoms with Crippen molar-refractivity contribution in [2.24, 2.45) is 0 Å². The van der Waals surface area contributed by atoms with E-state index in [0.717, 1.165) is 31.0 Å². The van der Waals surface area contributed by atoms with Crippen LogP contribution in [-0.4, -0.2) is 74.0 Å². The lowest BCUT2D eigenvalue weighted by atomic mass is 10.0. The smallest absolute Gasteiger partial charge is 0.275 e. The van der Waals surface area contributed by atoms with Crippen molar-refractivity contribution in [1.82, 2.24) is 32.9 Å². The molecule has 3 heterocycles. The molecule has 12 heteroatoms. The Hall–Kier alpha value is -2.44. The molecular formula is C18H23N7O3S2. The Labute approximate surface area is 178 Å². The molecule has 0 spiro atoms. The zero-order chi connectivity index (χ0) is 21.3. The number of sulfonamides is 1. The predicted octanol–water partition coefficient (Wildman–Crippen LogP) is 1.62. The van der Waals surface area contributed by atoms with Gasteiger partial charge in [0, 0.05) is 33.2 Å². The normalized spacial score (nSPS) is 18.0. The van der Waals surface area contributed by atoms with E-state index in [1.165, 1.54) is 4.90 Å². The topological polar surface area (TPSA) is 114 Å². The molecule has 2 aromatic heterocycles. The maximum Gasteiger partial charge on any atom is 0.275 e. The van der Waals surface area contributed by atoms with Crippen molar-refractivity contribution in [2.75, 3.05) is 20.6 Å². The van der Waals surface area contributed by atoms with Gasteiger partial charge in [-0.15, -0.1) is 5.10 Å². The summed E-state index contributed by atoms with van der Waals surface area (Å²) in [6.45, 7) is 0.954. The van der Waals surface area contributed by atoms with Gasteiger partial charge in [0.15, 0.2) is 5.69 Å². The molecule has 1 atom stereocenters. The number of aromatic nitrogens is 5. The summed E-state index contributed by atoms with van der Waals surface area (Å²) >= 11 is 1.01. The van der Waals surface area contributed by atoms with Gasteiger partial charge in [0.1, 0.15) is 15.9 Å². The summed E-state index contributed by atoms with van der Waals surface area (Å²) in [5.41, 5.74) is 1.29. The molecule has 1 aromatic carbocycles. The van der Waals surface area contributed by atoms with E-state index in [9.17, 15) is 13.2 Å². The Balaban J connectivity index is 1.53. The molecule has 1 amide bonds. The first-order valence-corrected chi connectivity index (χ1v) is 11.9. The van der Waals surface area contributed by atoms with E-state index in [1.807, 2.05) is 0 Å². The molecule has 0 aliphatic carbocycles. The van der Waals surface area contributed by atoms with E-state index < -0.39 is 10.0 Å². The molecule has 1 saturated heterocycles. The Morgan fingerprint density at radius 2 is 2.10 bits per heavy atom. The molecule has 30 heavy (non-hydrogen) atoms. The van der Waals surface area contributed by atoms with Crippen LogP contribution in [0, 0.1) is 0 Å². The monoisotopic (exact) mass is 449 g/mol.